The van der Waals surface area contributed by atoms with E-state index in [2.05, 4.69) is 0 Å². The molecule has 0 bridgehead atoms. The van der Waals surface area contributed by atoms with Crippen molar-refractivity contribution in [2.24, 2.45) is 0 Å². The zero-order chi connectivity index (χ0) is 10.8. The molecule has 1 heterocycles. The molecule has 0 saturated heterocycles. The van der Waals surface area contributed by atoms with Gasteiger partial charge in [-0.3, -0.25) is 9.59 Å². The Kier molecular flexibility index (Phi) is 2.54. The van der Waals surface area contributed by atoms with E-state index in [1.165, 1.54) is 0 Å². The van der Waals surface area contributed by atoms with E-state index in [0.717, 1.165) is 30.4 Å². The number of benzene rings is 1. The van der Waals surface area contributed by atoms with Crippen molar-refractivity contribution < 1.29 is 9.59 Å². The van der Waals surface area contributed by atoms with Crippen molar-refractivity contribution in [3.8, 4) is 0 Å². The molecule has 0 N–H and O–H groups in total. The molecular formula is C12H13NO2. The third-order valence-electron chi connectivity index (χ3n) is 2.64. The SMILES string of the molecule is CCCN1Cc2cc(C=O)ccc2C1=O. The van der Waals surface area contributed by atoms with E-state index in [1.54, 1.807) is 18.2 Å². The van der Waals surface area contributed by atoms with Crippen molar-refractivity contribution in [3.63, 3.8) is 0 Å². The first kappa shape index (κ1) is 9.90. The van der Waals surface area contributed by atoms with Gasteiger partial charge in [-0.25, -0.2) is 0 Å². The molecule has 78 valence electrons. The summed E-state index contributed by atoms with van der Waals surface area (Å²) in [5.41, 5.74) is 2.35. The summed E-state index contributed by atoms with van der Waals surface area (Å²) in [6.45, 7) is 3.47. The van der Waals surface area contributed by atoms with E-state index in [0.29, 0.717) is 12.1 Å². The number of amides is 1. The molecule has 0 fully saturated rings. The van der Waals surface area contributed by atoms with E-state index in [4.69, 9.17) is 0 Å². The highest BCUT2D eigenvalue weighted by Crippen LogP contribution is 2.23. The van der Waals surface area contributed by atoms with Gasteiger partial charge in [0.1, 0.15) is 6.29 Å². The Labute approximate surface area is 88.7 Å². The van der Waals surface area contributed by atoms with E-state index in [1.807, 2.05) is 11.8 Å². The van der Waals surface area contributed by atoms with Crippen LogP contribution in [0.4, 0.5) is 0 Å². The van der Waals surface area contributed by atoms with Crippen LogP contribution in [0.2, 0.25) is 0 Å². The molecule has 1 aromatic carbocycles. The lowest BCUT2D eigenvalue weighted by molar-refractivity contribution is 0.0778. The van der Waals surface area contributed by atoms with Crippen LogP contribution in [0, 0.1) is 0 Å². The van der Waals surface area contributed by atoms with Crippen LogP contribution in [0.3, 0.4) is 0 Å². The van der Waals surface area contributed by atoms with Crippen LogP contribution >= 0.6 is 0 Å². The van der Waals surface area contributed by atoms with E-state index in [9.17, 15) is 9.59 Å². The number of hydrogen-bond acceptors (Lipinski definition) is 2. The minimum atomic E-state index is 0.0873. The number of nitrogens with zero attached hydrogens (tertiary/aromatic N) is 1. The molecule has 1 aromatic rings. The second kappa shape index (κ2) is 3.85. The Bertz CT molecular complexity index is 412. The molecule has 0 saturated carbocycles. The molecule has 15 heavy (non-hydrogen) atoms. The zero-order valence-electron chi connectivity index (χ0n) is 8.69. The molecule has 0 unspecified atom stereocenters. The monoisotopic (exact) mass is 203 g/mol. The Balaban J connectivity index is 2.32. The fourth-order valence-electron chi connectivity index (χ4n) is 1.92. The molecule has 1 amide bonds. The van der Waals surface area contributed by atoms with Crippen LogP contribution in [0.5, 0.6) is 0 Å². The first-order chi connectivity index (χ1) is 7.26. The van der Waals surface area contributed by atoms with Gasteiger partial charge in [0, 0.05) is 24.2 Å². The van der Waals surface area contributed by atoms with Crippen LogP contribution in [0.25, 0.3) is 0 Å². The molecule has 0 aliphatic carbocycles. The van der Waals surface area contributed by atoms with Crippen molar-refractivity contribution in [2.45, 2.75) is 19.9 Å². The standard InChI is InChI=1S/C12H13NO2/c1-2-5-13-7-10-6-9(8-14)3-4-11(10)12(13)15/h3-4,6,8H,2,5,7H2,1H3. The van der Waals surface area contributed by atoms with Gasteiger partial charge in [0.2, 0.25) is 0 Å². The van der Waals surface area contributed by atoms with E-state index < -0.39 is 0 Å². The number of hydrogen-bond donors (Lipinski definition) is 0. The predicted molar refractivity (Wildman–Crippen MR) is 56.9 cm³/mol. The topological polar surface area (TPSA) is 37.4 Å². The van der Waals surface area contributed by atoms with Crippen molar-refractivity contribution in [2.75, 3.05) is 6.54 Å². The van der Waals surface area contributed by atoms with Gasteiger partial charge >= 0.3 is 0 Å². The van der Waals surface area contributed by atoms with Gasteiger partial charge in [0.25, 0.3) is 5.91 Å². The fraction of sp³-hybridized carbons (Fsp3) is 0.333. The molecule has 3 heteroatoms. The molecule has 3 nitrogen and oxygen atoms in total. The van der Waals surface area contributed by atoms with Gasteiger partial charge in [-0.15, -0.1) is 0 Å². The maximum atomic E-state index is 11.8. The van der Waals surface area contributed by atoms with Crippen LogP contribution in [-0.2, 0) is 6.54 Å². The highest BCUT2D eigenvalue weighted by atomic mass is 16.2. The van der Waals surface area contributed by atoms with Crippen LogP contribution in [-0.4, -0.2) is 23.6 Å². The smallest absolute Gasteiger partial charge is 0.254 e. The average molecular weight is 203 g/mol. The van der Waals surface area contributed by atoms with Gasteiger partial charge < -0.3 is 4.90 Å². The third kappa shape index (κ3) is 1.65. The van der Waals surface area contributed by atoms with E-state index in [-0.39, 0.29) is 5.91 Å². The lowest BCUT2D eigenvalue weighted by Gasteiger charge is -2.13. The maximum absolute atomic E-state index is 11.8. The number of aldehydes is 1. The summed E-state index contributed by atoms with van der Waals surface area (Å²) in [5, 5.41) is 0. The summed E-state index contributed by atoms with van der Waals surface area (Å²) in [5.74, 6) is 0.0873. The highest BCUT2D eigenvalue weighted by Gasteiger charge is 2.26. The molecule has 1 aliphatic rings. The van der Waals surface area contributed by atoms with Crippen molar-refractivity contribution in [3.05, 3.63) is 34.9 Å². The van der Waals surface area contributed by atoms with E-state index >= 15 is 0 Å². The fourth-order valence-corrected chi connectivity index (χ4v) is 1.92. The largest absolute Gasteiger partial charge is 0.334 e. The Hall–Kier alpha value is -1.64. The molecular weight excluding hydrogens is 190 g/mol. The summed E-state index contributed by atoms with van der Waals surface area (Å²) in [7, 11) is 0. The minimum absolute atomic E-state index is 0.0873. The third-order valence-corrected chi connectivity index (χ3v) is 2.64. The maximum Gasteiger partial charge on any atom is 0.254 e. The zero-order valence-corrected chi connectivity index (χ0v) is 8.69. The van der Waals surface area contributed by atoms with Crippen LogP contribution in [0.1, 0.15) is 39.6 Å². The Morgan fingerprint density at radius 2 is 2.27 bits per heavy atom. The number of rotatable bonds is 3. The Morgan fingerprint density at radius 3 is 2.93 bits per heavy atom. The molecule has 2 rings (SSSR count). The summed E-state index contributed by atoms with van der Waals surface area (Å²) < 4.78 is 0. The molecule has 0 radical (unpaired) electrons. The van der Waals surface area contributed by atoms with Gasteiger partial charge in [0.05, 0.1) is 0 Å². The lowest BCUT2D eigenvalue weighted by Crippen LogP contribution is -2.24. The van der Waals surface area contributed by atoms with Crippen molar-refractivity contribution >= 4 is 12.2 Å². The predicted octanol–water partition coefficient (Wildman–Crippen LogP) is 1.86. The second-order valence-electron chi connectivity index (χ2n) is 3.76. The van der Waals surface area contributed by atoms with Gasteiger partial charge in [-0.2, -0.15) is 0 Å². The molecule has 0 spiro atoms. The van der Waals surface area contributed by atoms with Gasteiger partial charge in [-0.05, 0) is 24.1 Å². The first-order valence-electron chi connectivity index (χ1n) is 5.13. The average Bonchev–Trinajstić information content (AvgIpc) is 2.56. The lowest BCUT2D eigenvalue weighted by atomic mass is 10.1. The summed E-state index contributed by atoms with van der Waals surface area (Å²) in [4.78, 5) is 24.2. The quantitative estimate of drug-likeness (QED) is 0.703. The summed E-state index contributed by atoms with van der Waals surface area (Å²) >= 11 is 0. The molecule has 0 aromatic heterocycles. The Morgan fingerprint density at radius 1 is 1.47 bits per heavy atom. The van der Waals surface area contributed by atoms with Crippen molar-refractivity contribution in [1.82, 2.24) is 4.90 Å². The normalized spacial score (nSPS) is 14.2. The minimum Gasteiger partial charge on any atom is -0.334 e. The second-order valence-corrected chi connectivity index (χ2v) is 3.76. The highest BCUT2D eigenvalue weighted by molar-refractivity contribution is 5.99. The summed E-state index contributed by atoms with van der Waals surface area (Å²) in [6, 6.07) is 5.24. The number of fused-ring (bicyclic) bond motifs is 1. The molecule has 1 aliphatic heterocycles. The van der Waals surface area contributed by atoms with Crippen LogP contribution < -0.4 is 0 Å². The van der Waals surface area contributed by atoms with Gasteiger partial charge in [-0.1, -0.05) is 13.0 Å². The first-order valence-corrected chi connectivity index (χ1v) is 5.13. The number of carbonyl (C=O) groups excluding carboxylic acids is 2. The molecule has 0 atom stereocenters. The van der Waals surface area contributed by atoms with Crippen LogP contribution in [0.15, 0.2) is 18.2 Å². The van der Waals surface area contributed by atoms with Gasteiger partial charge in [0.15, 0.2) is 0 Å². The van der Waals surface area contributed by atoms with Crippen molar-refractivity contribution in [1.29, 1.82) is 0 Å². The number of carbonyl (C=O) groups is 2. The summed E-state index contributed by atoms with van der Waals surface area (Å²) in [6.07, 6.45) is 1.77.